The lowest BCUT2D eigenvalue weighted by molar-refractivity contribution is -0.384. The second-order valence-electron chi connectivity index (χ2n) is 6.29. The molecule has 0 radical (unpaired) electrons. The Hall–Kier alpha value is -3.93. The Labute approximate surface area is 160 Å². The number of carbonyl (C=O) groups excluding carboxylic acids is 1. The van der Waals surface area contributed by atoms with Gasteiger partial charge in [-0.2, -0.15) is 0 Å². The molecule has 0 spiro atoms. The molecule has 138 valence electrons. The highest BCUT2D eigenvalue weighted by Crippen LogP contribution is 2.34. The van der Waals surface area contributed by atoms with Crippen LogP contribution >= 0.6 is 0 Å². The molecule has 3 aromatic carbocycles. The number of aromatic amines is 1. The van der Waals surface area contributed by atoms with E-state index in [-0.39, 0.29) is 11.5 Å². The Morgan fingerprint density at radius 3 is 2.36 bits per heavy atom. The van der Waals surface area contributed by atoms with Crippen molar-refractivity contribution in [3.63, 3.8) is 0 Å². The van der Waals surface area contributed by atoms with Gasteiger partial charge in [0.25, 0.3) is 5.69 Å². The van der Waals surface area contributed by atoms with E-state index in [9.17, 15) is 14.9 Å². The van der Waals surface area contributed by atoms with E-state index < -0.39 is 4.92 Å². The van der Waals surface area contributed by atoms with Crippen LogP contribution < -0.4 is 4.74 Å². The topological polar surface area (TPSA) is 85.2 Å². The lowest BCUT2D eigenvalue weighted by atomic mass is 9.97. The maximum absolute atomic E-state index is 13.4. The highest BCUT2D eigenvalue weighted by Gasteiger charge is 2.22. The molecule has 28 heavy (non-hydrogen) atoms. The molecule has 1 aromatic heterocycles. The fraction of sp³-hybridized carbons (Fsp3) is 0.0455. The summed E-state index contributed by atoms with van der Waals surface area (Å²) in [6.45, 7) is 0. The number of hydrogen-bond donors (Lipinski definition) is 1. The van der Waals surface area contributed by atoms with Crippen molar-refractivity contribution >= 4 is 22.4 Å². The first kappa shape index (κ1) is 17.5. The number of carbonyl (C=O) groups is 1. The fourth-order valence-corrected chi connectivity index (χ4v) is 3.23. The lowest BCUT2D eigenvalue weighted by Gasteiger charge is -2.06. The van der Waals surface area contributed by atoms with Gasteiger partial charge in [0.15, 0.2) is 5.78 Å². The predicted molar refractivity (Wildman–Crippen MR) is 107 cm³/mol. The SMILES string of the molecule is COc1ccc2[nH]c(-c3ccccc3)c(C(=O)c3ccc([N+](=O)[O-])cc3)c2c1. The molecule has 0 saturated carbocycles. The molecule has 0 aliphatic rings. The van der Waals surface area contributed by atoms with Crippen molar-refractivity contribution < 1.29 is 14.5 Å². The molecule has 0 bridgehead atoms. The summed E-state index contributed by atoms with van der Waals surface area (Å²) >= 11 is 0. The van der Waals surface area contributed by atoms with Crippen LogP contribution in [0.1, 0.15) is 15.9 Å². The smallest absolute Gasteiger partial charge is 0.269 e. The van der Waals surface area contributed by atoms with Crippen LogP contribution in [0.25, 0.3) is 22.2 Å². The van der Waals surface area contributed by atoms with Crippen LogP contribution in [-0.4, -0.2) is 22.8 Å². The van der Waals surface area contributed by atoms with Crippen molar-refractivity contribution in [2.75, 3.05) is 7.11 Å². The molecule has 0 fully saturated rings. The third-order valence-corrected chi connectivity index (χ3v) is 4.64. The molecule has 4 rings (SSSR count). The number of nitro groups is 1. The number of hydrogen-bond acceptors (Lipinski definition) is 4. The van der Waals surface area contributed by atoms with Gasteiger partial charge in [-0.3, -0.25) is 14.9 Å². The summed E-state index contributed by atoms with van der Waals surface area (Å²) in [6.07, 6.45) is 0. The summed E-state index contributed by atoms with van der Waals surface area (Å²) in [4.78, 5) is 27.1. The molecule has 0 atom stereocenters. The summed E-state index contributed by atoms with van der Waals surface area (Å²) < 4.78 is 5.32. The Balaban J connectivity index is 1.92. The van der Waals surface area contributed by atoms with Gasteiger partial charge in [0.05, 0.1) is 23.3 Å². The fourth-order valence-electron chi connectivity index (χ4n) is 3.23. The third kappa shape index (κ3) is 3.01. The molecule has 6 heteroatoms. The first-order chi connectivity index (χ1) is 13.6. The summed E-state index contributed by atoms with van der Waals surface area (Å²) in [5, 5.41) is 11.6. The Morgan fingerprint density at radius 2 is 1.71 bits per heavy atom. The average Bonchev–Trinajstić information content (AvgIpc) is 3.12. The number of aromatic nitrogens is 1. The van der Waals surface area contributed by atoms with Gasteiger partial charge in [-0.15, -0.1) is 0 Å². The van der Waals surface area contributed by atoms with Crippen LogP contribution in [0.4, 0.5) is 5.69 Å². The van der Waals surface area contributed by atoms with Crippen molar-refractivity contribution in [2.45, 2.75) is 0 Å². The quantitative estimate of drug-likeness (QED) is 0.304. The molecule has 0 unspecified atom stereocenters. The summed E-state index contributed by atoms with van der Waals surface area (Å²) in [5.74, 6) is 0.428. The molecule has 1 N–H and O–H groups in total. The Bertz CT molecular complexity index is 1180. The minimum atomic E-state index is -0.486. The number of fused-ring (bicyclic) bond motifs is 1. The van der Waals surface area contributed by atoms with Crippen molar-refractivity contribution in [1.82, 2.24) is 4.98 Å². The molecule has 6 nitrogen and oxygen atoms in total. The van der Waals surface area contributed by atoms with Crippen LogP contribution in [-0.2, 0) is 0 Å². The zero-order valence-corrected chi connectivity index (χ0v) is 15.0. The zero-order valence-electron chi connectivity index (χ0n) is 15.0. The Morgan fingerprint density at radius 1 is 1.00 bits per heavy atom. The second-order valence-corrected chi connectivity index (χ2v) is 6.29. The van der Waals surface area contributed by atoms with Crippen LogP contribution in [0.3, 0.4) is 0 Å². The summed E-state index contributed by atoms with van der Waals surface area (Å²) in [7, 11) is 1.57. The number of rotatable bonds is 5. The number of non-ortho nitro benzene ring substituents is 1. The van der Waals surface area contributed by atoms with Gasteiger partial charge >= 0.3 is 0 Å². The number of ether oxygens (including phenoxy) is 1. The molecule has 1 heterocycles. The number of ketones is 1. The highest BCUT2D eigenvalue weighted by molar-refractivity contribution is 6.20. The largest absolute Gasteiger partial charge is 0.497 e. The minimum Gasteiger partial charge on any atom is -0.497 e. The summed E-state index contributed by atoms with van der Waals surface area (Å²) in [5.41, 5.74) is 3.22. The molecular weight excluding hydrogens is 356 g/mol. The first-order valence-corrected chi connectivity index (χ1v) is 8.63. The number of nitro benzene ring substituents is 1. The summed E-state index contributed by atoms with van der Waals surface area (Å²) in [6, 6.07) is 20.7. The molecule has 0 amide bonds. The van der Waals surface area contributed by atoms with Crippen molar-refractivity contribution in [3.8, 4) is 17.0 Å². The molecule has 0 aliphatic carbocycles. The van der Waals surface area contributed by atoms with E-state index in [0.717, 1.165) is 16.5 Å². The standard InChI is InChI=1S/C22H16N2O4/c1-28-17-11-12-19-18(13-17)20(21(23-19)14-5-3-2-4-6-14)22(25)15-7-9-16(10-8-15)24(26)27/h2-13,23H,1H3. The van der Waals surface area contributed by atoms with E-state index in [4.69, 9.17) is 4.74 Å². The van der Waals surface area contributed by atoms with Crippen molar-refractivity contribution in [3.05, 3.63) is 94.0 Å². The molecule has 4 aromatic rings. The minimum absolute atomic E-state index is 0.0552. The van der Waals surface area contributed by atoms with E-state index in [1.165, 1.54) is 24.3 Å². The van der Waals surface area contributed by atoms with Crippen LogP contribution in [0, 0.1) is 10.1 Å². The second kappa shape index (κ2) is 7.00. The number of methoxy groups -OCH3 is 1. The predicted octanol–water partition coefficient (Wildman–Crippen LogP) is 4.98. The molecule has 0 saturated heterocycles. The Kier molecular flexibility index (Phi) is 4.37. The maximum Gasteiger partial charge on any atom is 0.269 e. The zero-order chi connectivity index (χ0) is 19.7. The van der Waals surface area contributed by atoms with Gasteiger partial charge in [0.1, 0.15) is 5.75 Å². The van der Waals surface area contributed by atoms with Crippen LogP contribution in [0.2, 0.25) is 0 Å². The number of H-pyrrole nitrogens is 1. The van der Waals surface area contributed by atoms with Crippen LogP contribution in [0.5, 0.6) is 5.75 Å². The van der Waals surface area contributed by atoms with E-state index in [1.807, 2.05) is 48.5 Å². The van der Waals surface area contributed by atoms with E-state index >= 15 is 0 Å². The lowest BCUT2D eigenvalue weighted by Crippen LogP contribution is -2.03. The normalized spacial score (nSPS) is 10.8. The number of nitrogens with one attached hydrogen (secondary N) is 1. The van der Waals surface area contributed by atoms with Crippen molar-refractivity contribution in [2.24, 2.45) is 0 Å². The van der Waals surface area contributed by atoms with Crippen LogP contribution in [0.15, 0.2) is 72.8 Å². The van der Waals surface area contributed by atoms with Gasteiger partial charge < -0.3 is 9.72 Å². The monoisotopic (exact) mass is 372 g/mol. The maximum atomic E-state index is 13.4. The first-order valence-electron chi connectivity index (χ1n) is 8.63. The van der Waals surface area contributed by atoms with E-state index in [2.05, 4.69) is 4.98 Å². The van der Waals surface area contributed by atoms with Gasteiger partial charge in [-0.1, -0.05) is 30.3 Å². The van der Waals surface area contributed by atoms with E-state index in [0.29, 0.717) is 22.6 Å². The third-order valence-electron chi connectivity index (χ3n) is 4.64. The highest BCUT2D eigenvalue weighted by atomic mass is 16.6. The molecular formula is C22H16N2O4. The number of nitrogens with zero attached hydrogens (tertiary/aromatic N) is 1. The van der Waals surface area contributed by atoms with Crippen molar-refractivity contribution in [1.29, 1.82) is 0 Å². The van der Waals surface area contributed by atoms with Gasteiger partial charge in [0.2, 0.25) is 0 Å². The molecule has 0 aliphatic heterocycles. The van der Waals surface area contributed by atoms with Gasteiger partial charge in [-0.05, 0) is 35.9 Å². The van der Waals surface area contributed by atoms with Gasteiger partial charge in [0, 0.05) is 28.6 Å². The van der Waals surface area contributed by atoms with E-state index in [1.54, 1.807) is 7.11 Å². The van der Waals surface area contributed by atoms with Gasteiger partial charge in [-0.25, -0.2) is 0 Å². The average molecular weight is 372 g/mol. The number of benzene rings is 3.